The summed E-state index contributed by atoms with van der Waals surface area (Å²) in [5.41, 5.74) is -0.0477. The van der Waals surface area contributed by atoms with Crippen LogP contribution in [-0.2, 0) is 0 Å². The molecule has 2 N–H and O–H groups in total. The number of nitrogens with zero attached hydrogens (tertiary/aromatic N) is 1. The van der Waals surface area contributed by atoms with Gasteiger partial charge in [0, 0.05) is 12.6 Å². The van der Waals surface area contributed by atoms with Crippen molar-refractivity contribution in [3.63, 3.8) is 0 Å². The Bertz CT molecular complexity index is 263. The molecule has 3 nitrogen and oxygen atoms in total. The van der Waals surface area contributed by atoms with Crippen LogP contribution in [0, 0.1) is 11.8 Å². The second-order valence-electron chi connectivity index (χ2n) is 6.51. The van der Waals surface area contributed by atoms with E-state index in [1.54, 1.807) is 0 Å². The van der Waals surface area contributed by atoms with Gasteiger partial charge in [-0.25, -0.2) is 0 Å². The minimum atomic E-state index is -0.0477. The molecule has 2 aliphatic rings. The second-order valence-corrected chi connectivity index (χ2v) is 6.51. The molecule has 0 radical (unpaired) electrons. The third kappa shape index (κ3) is 3.25. The maximum Gasteiger partial charge on any atom is 0.0628 e. The average Bonchev–Trinajstić information content (AvgIpc) is 3.23. The highest BCUT2D eigenvalue weighted by molar-refractivity contribution is 5.03. The normalized spacial score (nSPS) is 25.2. The Morgan fingerprint density at radius 2 is 2.00 bits per heavy atom. The number of aliphatic hydroxyl groups excluding tert-OH is 1. The number of hydrogen-bond acceptors (Lipinski definition) is 3. The van der Waals surface area contributed by atoms with E-state index in [0.717, 1.165) is 25.4 Å². The lowest BCUT2D eigenvalue weighted by Crippen LogP contribution is -2.58. The van der Waals surface area contributed by atoms with Crippen LogP contribution in [0.15, 0.2) is 0 Å². The SMILES string of the molecule is CCCNC(CO)(CN(C)C(C)C1CC1)C1CC1. The fourth-order valence-electron chi connectivity index (χ4n) is 3.10. The molecule has 2 aliphatic carbocycles. The van der Waals surface area contributed by atoms with E-state index < -0.39 is 0 Å². The van der Waals surface area contributed by atoms with Crippen molar-refractivity contribution in [3.8, 4) is 0 Å². The van der Waals surface area contributed by atoms with Gasteiger partial charge in [0.05, 0.1) is 12.1 Å². The predicted octanol–water partition coefficient (Wildman–Crippen LogP) is 1.86. The van der Waals surface area contributed by atoms with Gasteiger partial charge < -0.3 is 15.3 Å². The van der Waals surface area contributed by atoms with E-state index in [9.17, 15) is 5.11 Å². The van der Waals surface area contributed by atoms with Crippen molar-refractivity contribution < 1.29 is 5.11 Å². The van der Waals surface area contributed by atoms with Crippen LogP contribution in [0.5, 0.6) is 0 Å². The zero-order chi connectivity index (χ0) is 13.2. The molecule has 0 heterocycles. The molecule has 2 unspecified atom stereocenters. The van der Waals surface area contributed by atoms with E-state index in [2.05, 4.69) is 31.1 Å². The maximum absolute atomic E-state index is 9.91. The second kappa shape index (κ2) is 5.89. The van der Waals surface area contributed by atoms with Gasteiger partial charge in [-0.2, -0.15) is 0 Å². The molecule has 0 aliphatic heterocycles. The minimum Gasteiger partial charge on any atom is -0.394 e. The molecule has 0 spiro atoms. The summed E-state index contributed by atoms with van der Waals surface area (Å²) in [5.74, 6) is 1.58. The quantitative estimate of drug-likeness (QED) is 0.659. The topological polar surface area (TPSA) is 35.5 Å². The van der Waals surface area contributed by atoms with E-state index in [4.69, 9.17) is 0 Å². The molecule has 0 aromatic rings. The molecule has 106 valence electrons. The number of hydrogen-bond donors (Lipinski definition) is 2. The van der Waals surface area contributed by atoms with E-state index >= 15 is 0 Å². The fraction of sp³-hybridized carbons (Fsp3) is 1.00. The van der Waals surface area contributed by atoms with Crippen molar-refractivity contribution in [2.75, 3.05) is 26.7 Å². The Kier molecular flexibility index (Phi) is 4.68. The molecule has 0 amide bonds. The standard InChI is InChI=1S/C15H30N2O/c1-4-9-16-15(11-18,14-7-8-14)10-17(3)12(2)13-5-6-13/h12-14,16,18H,4-11H2,1-3H3. The van der Waals surface area contributed by atoms with Crippen molar-refractivity contribution in [3.05, 3.63) is 0 Å². The Labute approximate surface area is 112 Å². The largest absolute Gasteiger partial charge is 0.394 e. The van der Waals surface area contributed by atoms with Gasteiger partial charge in [-0.15, -0.1) is 0 Å². The number of likely N-dealkylation sites (N-methyl/N-ethyl adjacent to an activating group) is 1. The van der Waals surface area contributed by atoms with Crippen LogP contribution in [0.4, 0.5) is 0 Å². The highest BCUT2D eigenvalue weighted by Crippen LogP contribution is 2.41. The molecule has 0 bridgehead atoms. The van der Waals surface area contributed by atoms with Crippen LogP contribution in [0.3, 0.4) is 0 Å². The van der Waals surface area contributed by atoms with Crippen molar-refractivity contribution >= 4 is 0 Å². The van der Waals surface area contributed by atoms with E-state index in [0.29, 0.717) is 12.0 Å². The smallest absolute Gasteiger partial charge is 0.0628 e. The summed E-state index contributed by atoms with van der Waals surface area (Å²) in [5, 5.41) is 13.6. The number of rotatable bonds is 9. The first kappa shape index (κ1) is 14.3. The van der Waals surface area contributed by atoms with Crippen LogP contribution < -0.4 is 5.32 Å². The van der Waals surface area contributed by atoms with Crippen molar-refractivity contribution in [2.24, 2.45) is 11.8 Å². The number of aliphatic hydroxyl groups is 1. The van der Waals surface area contributed by atoms with Crippen LogP contribution in [0.25, 0.3) is 0 Å². The summed E-state index contributed by atoms with van der Waals surface area (Å²) in [7, 11) is 2.23. The van der Waals surface area contributed by atoms with Crippen molar-refractivity contribution in [1.82, 2.24) is 10.2 Å². The van der Waals surface area contributed by atoms with Crippen molar-refractivity contribution in [2.45, 2.75) is 57.5 Å². The minimum absolute atomic E-state index is 0.0477. The van der Waals surface area contributed by atoms with Crippen molar-refractivity contribution in [1.29, 1.82) is 0 Å². The van der Waals surface area contributed by atoms with Crippen LogP contribution in [-0.4, -0.2) is 48.3 Å². The summed E-state index contributed by atoms with van der Waals surface area (Å²) in [4.78, 5) is 2.47. The molecule has 0 aromatic heterocycles. The Hall–Kier alpha value is -0.120. The molecule has 3 heteroatoms. The molecule has 2 fully saturated rings. The molecule has 2 rings (SSSR count). The lowest BCUT2D eigenvalue weighted by Gasteiger charge is -2.39. The summed E-state index contributed by atoms with van der Waals surface area (Å²) in [6.45, 7) is 6.82. The first-order chi connectivity index (χ1) is 8.63. The molecule has 0 saturated heterocycles. The molecule has 2 saturated carbocycles. The van der Waals surface area contributed by atoms with Gasteiger partial charge in [-0.05, 0) is 64.5 Å². The predicted molar refractivity (Wildman–Crippen MR) is 75.7 cm³/mol. The lowest BCUT2D eigenvalue weighted by molar-refractivity contribution is 0.0825. The molecular formula is C15H30N2O. The monoisotopic (exact) mass is 254 g/mol. The van der Waals surface area contributed by atoms with Crippen LogP contribution >= 0.6 is 0 Å². The van der Waals surface area contributed by atoms with Crippen LogP contribution in [0.1, 0.15) is 46.0 Å². The lowest BCUT2D eigenvalue weighted by atomic mass is 9.92. The fourth-order valence-corrected chi connectivity index (χ4v) is 3.10. The first-order valence-electron chi connectivity index (χ1n) is 7.69. The van der Waals surface area contributed by atoms with Gasteiger partial charge in [-0.1, -0.05) is 6.92 Å². The highest BCUT2D eigenvalue weighted by atomic mass is 16.3. The van der Waals surface area contributed by atoms with Gasteiger partial charge in [0.1, 0.15) is 0 Å². The molecular weight excluding hydrogens is 224 g/mol. The molecule has 18 heavy (non-hydrogen) atoms. The summed E-state index contributed by atoms with van der Waals surface area (Å²) >= 11 is 0. The van der Waals surface area contributed by atoms with Crippen LogP contribution in [0.2, 0.25) is 0 Å². The summed E-state index contributed by atoms with van der Waals surface area (Å²) in [6.07, 6.45) is 6.48. The number of nitrogens with one attached hydrogen (secondary N) is 1. The molecule has 0 aromatic carbocycles. The summed E-state index contributed by atoms with van der Waals surface area (Å²) in [6, 6.07) is 0.665. The van der Waals surface area contributed by atoms with Gasteiger partial charge >= 0.3 is 0 Å². The maximum atomic E-state index is 9.91. The van der Waals surface area contributed by atoms with Gasteiger partial charge in [0.25, 0.3) is 0 Å². The van der Waals surface area contributed by atoms with E-state index in [1.807, 2.05) is 0 Å². The van der Waals surface area contributed by atoms with E-state index in [1.165, 1.54) is 25.7 Å². The Morgan fingerprint density at radius 3 is 2.44 bits per heavy atom. The first-order valence-corrected chi connectivity index (χ1v) is 7.69. The van der Waals surface area contributed by atoms with Gasteiger partial charge in [0.2, 0.25) is 0 Å². The molecule has 2 atom stereocenters. The highest BCUT2D eigenvalue weighted by Gasteiger charge is 2.46. The third-order valence-corrected chi connectivity index (χ3v) is 4.90. The average molecular weight is 254 g/mol. The zero-order valence-corrected chi connectivity index (χ0v) is 12.3. The Morgan fingerprint density at radius 1 is 1.33 bits per heavy atom. The third-order valence-electron chi connectivity index (χ3n) is 4.90. The zero-order valence-electron chi connectivity index (χ0n) is 12.3. The van der Waals surface area contributed by atoms with E-state index in [-0.39, 0.29) is 12.1 Å². The Balaban J connectivity index is 1.94. The van der Waals surface area contributed by atoms with Gasteiger partial charge in [0.15, 0.2) is 0 Å². The summed E-state index contributed by atoms with van der Waals surface area (Å²) < 4.78 is 0. The van der Waals surface area contributed by atoms with Gasteiger partial charge in [-0.3, -0.25) is 0 Å².